The molecule has 2 aliphatic heterocycles. The van der Waals surface area contributed by atoms with Crippen LogP contribution in [0.5, 0.6) is 28.7 Å². The Kier molecular flexibility index (Phi) is 3.58. The molecule has 0 aliphatic carbocycles. The number of rotatable bonds is 2. The molecule has 0 radical (unpaired) electrons. The van der Waals surface area contributed by atoms with Gasteiger partial charge in [0.15, 0.2) is 28.7 Å². The molecule has 0 amide bonds. The summed E-state index contributed by atoms with van der Waals surface area (Å²) in [6.45, 7) is 0.190. The number of phenols is 5. The van der Waals surface area contributed by atoms with Crippen LogP contribution in [0.4, 0.5) is 0 Å². The standard InChI is InChI=1S/C18H16O8/c19-10-2-1-7(3-11(10)20)17-14-9(6-25-17)16(26-18(14)24)8-4-12(21)15(23)13(22)5-8/h1-5,9,14,16-17,19-23H,6H2/t9-,14-,16+,17+/m0/s1. The van der Waals surface area contributed by atoms with Crippen LogP contribution in [0.3, 0.4) is 0 Å². The van der Waals surface area contributed by atoms with Crippen LogP contribution in [0.1, 0.15) is 23.3 Å². The van der Waals surface area contributed by atoms with Crippen molar-refractivity contribution < 1.29 is 39.8 Å². The zero-order chi connectivity index (χ0) is 18.6. The zero-order valence-corrected chi connectivity index (χ0v) is 13.4. The molecule has 5 N–H and O–H groups in total. The van der Waals surface area contributed by atoms with Crippen molar-refractivity contribution in [2.75, 3.05) is 6.61 Å². The summed E-state index contributed by atoms with van der Waals surface area (Å²) < 4.78 is 11.2. The van der Waals surface area contributed by atoms with Crippen molar-refractivity contribution in [3.05, 3.63) is 41.5 Å². The van der Waals surface area contributed by atoms with Crippen LogP contribution in [-0.4, -0.2) is 38.1 Å². The summed E-state index contributed by atoms with van der Waals surface area (Å²) in [4.78, 5) is 12.4. The van der Waals surface area contributed by atoms with Crippen LogP contribution in [-0.2, 0) is 14.3 Å². The molecule has 4 rings (SSSR count). The molecule has 0 bridgehead atoms. The van der Waals surface area contributed by atoms with Crippen LogP contribution in [0.15, 0.2) is 30.3 Å². The van der Waals surface area contributed by atoms with E-state index < -0.39 is 41.3 Å². The average Bonchev–Trinajstić information content (AvgIpc) is 3.16. The summed E-state index contributed by atoms with van der Waals surface area (Å²) in [7, 11) is 0. The fourth-order valence-electron chi connectivity index (χ4n) is 3.64. The molecular formula is C18H16O8. The Bertz CT molecular complexity index is 870. The molecule has 136 valence electrons. The first kappa shape index (κ1) is 16.3. The number of carbonyl (C=O) groups is 1. The Morgan fingerprint density at radius 1 is 0.808 bits per heavy atom. The second kappa shape index (κ2) is 5.70. The molecular weight excluding hydrogens is 344 g/mol. The third-order valence-electron chi connectivity index (χ3n) is 4.91. The molecule has 0 aromatic heterocycles. The van der Waals surface area contributed by atoms with Gasteiger partial charge in [-0.2, -0.15) is 0 Å². The van der Waals surface area contributed by atoms with Gasteiger partial charge in [-0.25, -0.2) is 0 Å². The molecule has 8 heteroatoms. The van der Waals surface area contributed by atoms with Crippen molar-refractivity contribution in [2.45, 2.75) is 12.2 Å². The number of cyclic esters (lactones) is 1. The lowest BCUT2D eigenvalue weighted by Crippen LogP contribution is -2.17. The maximum absolute atomic E-state index is 12.4. The van der Waals surface area contributed by atoms with E-state index in [4.69, 9.17) is 9.47 Å². The Morgan fingerprint density at radius 3 is 2.12 bits per heavy atom. The smallest absolute Gasteiger partial charge is 0.313 e. The SMILES string of the molecule is O=C1O[C@H](c2cc(O)c(O)c(O)c2)[C@H]2CO[C@H](c3ccc(O)c(O)c3)[C@@H]12. The lowest BCUT2D eigenvalue weighted by molar-refractivity contribution is -0.148. The largest absolute Gasteiger partial charge is 0.504 e. The predicted molar refractivity (Wildman–Crippen MR) is 85.7 cm³/mol. The van der Waals surface area contributed by atoms with Crippen LogP contribution in [0.2, 0.25) is 0 Å². The first-order chi connectivity index (χ1) is 12.4. The Hall–Kier alpha value is -3.13. The van der Waals surface area contributed by atoms with Crippen molar-refractivity contribution in [3.8, 4) is 28.7 Å². The number of benzene rings is 2. The third-order valence-corrected chi connectivity index (χ3v) is 4.91. The number of phenolic OH excluding ortho intramolecular Hbond substituents is 5. The molecule has 2 aliphatic rings. The second-order valence-corrected chi connectivity index (χ2v) is 6.46. The number of hydrogen-bond acceptors (Lipinski definition) is 8. The molecule has 4 atom stereocenters. The molecule has 8 nitrogen and oxygen atoms in total. The molecule has 26 heavy (non-hydrogen) atoms. The van der Waals surface area contributed by atoms with Crippen LogP contribution in [0.25, 0.3) is 0 Å². The minimum Gasteiger partial charge on any atom is -0.504 e. The minimum absolute atomic E-state index is 0.190. The average molecular weight is 360 g/mol. The van der Waals surface area contributed by atoms with Crippen molar-refractivity contribution in [3.63, 3.8) is 0 Å². The first-order valence-corrected chi connectivity index (χ1v) is 7.95. The fourth-order valence-corrected chi connectivity index (χ4v) is 3.64. The highest BCUT2D eigenvalue weighted by atomic mass is 16.6. The van der Waals surface area contributed by atoms with E-state index in [0.29, 0.717) is 11.1 Å². The van der Waals surface area contributed by atoms with E-state index in [0.717, 1.165) is 0 Å². The molecule has 0 spiro atoms. The molecule has 2 saturated heterocycles. The second-order valence-electron chi connectivity index (χ2n) is 6.46. The van der Waals surface area contributed by atoms with E-state index in [1.54, 1.807) is 6.07 Å². The number of aromatic hydroxyl groups is 5. The van der Waals surface area contributed by atoms with Crippen molar-refractivity contribution in [2.24, 2.45) is 11.8 Å². The summed E-state index contributed by atoms with van der Waals surface area (Å²) in [6.07, 6.45) is -1.40. The van der Waals surface area contributed by atoms with Crippen LogP contribution >= 0.6 is 0 Å². The Morgan fingerprint density at radius 2 is 1.46 bits per heavy atom. The molecule has 2 fully saturated rings. The Labute approximate surface area is 147 Å². The normalized spacial score (nSPS) is 27.3. The summed E-state index contributed by atoms with van der Waals surface area (Å²) in [5, 5.41) is 48.0. The van der Waals surface area contributed by atoms with Gasteiger partial charge in [-0.3, -0.25) is 4.79 Å². The quantitative estimate of drug-likeness (QED) is 0.404. The van der Waals surface area contributed by atoms with E-state index >= 15 is 0 Å². The molecule has 2 heterocycles. The highest BCUT2D eigenvalue weighted by Crippen LogP contribution is 2.52. The summed E-state index contributed by atoms with van der Waals surface area (Å²) in [5.74, 6) is -3.77. The van der Waals surface area contributed by atoms with E-state index in [-0.39, 0.29) is 24.0 Å². The maximum Gasteiger partial charge on any atom is 0.313 e. The van der Waals surface area contributed by atoms with E-state index in [9.17, 15) is 30.3 Å². The molecule has 0 unspecified atom stereocenters. The lowest BCUT2D eigenvalue weighted by Gasteiger charge is -2.16. The number of carbonyl (C=O) groups excluding carboxylic acids is 1. The molecule has 0 saturated carbocycles. The monoisotopic (exact) mass is 360 g/mol. The fraction of sp³-hybridized carbons (Fsp3) is 0.278. The zero-order valence-electron chi connectivity index (χ0n) is 13.4. The predicted octanol–water partition coefficient (Wildman–Crippen LogP) is 1.82. The van der Waals surface area contributed by atoms with Gasteiger partial charge in [0.1, 0.15) is 6.10 Å². The number of hydrogen-bond donors (Lipinski definition) is 5. The summed E-state index contributed by atoms with van der Waals surface area (Å²) in [6, 6.07) is 6.67. The van der Waals surface area contributed by atoms with Crippen LogP contribution < -0.4 is 0 Å². The van der Waals surface area contributed by atoms with Crippen molar-refractivity contribution in [1.82, 2.24) is 0 Å². The molecule has 2 aromatic carbocycles. The molecule has 2 aromatic rings. The number of ether oxygens (including phenoxy) is 2. The number of fused-ring (bicyclic) bond motifs is 1. The lowest BCUT2D eigenvalue weighted by atomic mass is 9.84. The minimum atomic E-state index is -0.749. The first-order valence-electron chi connectivity index (χ1n) is 7.95. The van der Waals surface area contributed by atoms with E-state index in [1.165, 1.54) is 24.3 Å². The number of esters is 1. The van der Waals surface area contributed by atoms with Gasteiger partial charge in [-0.15, -0.1) is 0 Å². The van der Waals surface area contributed by atoms with E-state index in [1.807, 2.05) is 0 Å². The van der Waals surface area contributed by atoms with Crippen molar-refractivity contribution >= 4 is 5.97 Å². The van der Waals surface area contributed by atoms with Crippen molar-refractivity contribution in [1.29, 1.82) is 0 Å². The van der Waals surface area contributed by atoms with Gasteiger partial charge in [0.25, 0.3) is 0 Å². The summed E-state index contributed by atoms with van der Waals surface area (Å²) >= 11 is 0. The van der Waals surface area contributed by atoms with Gasteiger partial charge in [0.05, 0.1) is 18.6 Å². The van der Waals surface area contributed by atoms with Gasteiger partial charge >= 0.3 is 5.97 Å². The van der Waals surface area contributed by atoms with Gasteiger partial charge in [0.2, 0.25) is 0 Å². The van der Waals surface area contributed by atoms with Gasteiger partial charge < -0.3 is 35.0 Å². The highest BCUT2D eigenvalue weighted by molar-refractivity contribution is 5.77. The van der Waals surface area contributed by atoms with Gasteiger partial charge in [0, 0.05) is 11.5 Å². The maximum atomic E-state index is 12.4. The van der Waals surface area contributed by atoms with Gasteiger partial charge in [-0.05, 0) is 29.8 Å². The van der Waals surface area contributed by atoms with E-state index in [2.05, 4.69) is 0 Å². The summed E-state index contributed by atoms with van der Waals surface area (Å²) in [5.41, 5.74) is 0.873. The Balaban J connectivity index is 1.66. The third kappa shape index (κ3) is 2.38. The van der Waals surface area contributed by atoms with Crippen LogP contribution in [0, 0.1) is 11.8 Å². The highest BCUT2D eigenvalue weighted by Gasteiger charge is 2.54. The van der Waals surface area contributed by atoms with Gasteiger partial charge in [-0.1, -0.05) is 6.07 Å². The topological polar surface area (TPSA) is 137 Å².